The molecule has 0 saturated heterocycles. The number of hydrogen-bond donors (Lipinski definition) is 1. The standard InChI is InChI=1S/C7H12N2O2/c1-3-9-7(10)4-6(8-9)5-11-2/h4,8H,3,5H2,1-2H3. The molecule has 1 rings (SSSR count). The zero-order valence-electron chi connectivity index (χ0n) is 6.76. The van der Waals surface area contributed by atoms with Gasteiger partial charge in [-0.2, -0.15) is 0 Å². The van der Waals surface area contributed by atoms with Crippen molar-refractivity contribution in [2.45, 2.75) is 20.1 Å². The number of ether oxygens (including phenoxy) is 1. The van der Waals surface area contributed by atoms with Gasteiger partial charge in [-0.1, -0.05) is 0 Å². The molecule has 0 saturated carbocycles. The smallest absolute Gasteiger partial charge is 0.266 e. The summed E-state index contributed by atoms with van der Waals surface area (Å²) in [4.78, 5) is 11.0. The second kappa shape index (κ2) is 3.39. The van der Waals surface area contributed by atoms with E-state index in [0.717, 1.165) is 5.69 Å². The predicted molar refractivity (Wildman–Crippen MR) is 41.4 cm³/mol. The van der Waals surface area contributed by atoms with Crippen LogP contribution in [-0.2, 0) is 17.9 Å². The fraction of sp³-hybridized carbons (Fsp3) is 0.571. The van der Waals surface area contributed by atoms with Crippen LogP contribution in [0.1, 0.15) is 12.6 Å². The molecular formula is C7H12N2O2. The molecular weight excluding hydrogens is 144 g/mol. The zero-order valence-corrected chi connectivity index (χ0v) is 6.76. The molecule has 1 aromatic rings. The van der Waals surface area contributed by atoms with Crippen molar-refractivity contribution in [2.75, 3.05) is 7.11 Å². The quantitative estimate of drug-likeness (QED) is 0.686. The average molecular weight is 156 g/mol. The van der Waals surface area contributed by atoms with Crippen LogP contribution in [0.25, 0.3) is 0 Å². The van der Waals surface area contributed by atoms with Crippen molar-refractivity contribution in [3.8, 4) is 0 Å². The molecule has 0 aliphatic carbocycles. The molecule has 1 heterocycles. The van der Waals surface area contributed by atoms with E-state index in [4.69, 9.17) is 4.74 Å². The van der Waals surface area contributed by atoms with Gasteiger partial charge in [-0.3, -0.25) is 14.6 Å². The Morgan fingerprint density at radius 1 is 1.73 bits per heavy atom. The van der Waals surface area contributed by atoms with Gasteiger partial charge in [0.1, 0.15) is 0 Å². The van der Waals surface area contributed by atoms with Gasteiger partial charge >= 0.3 is 0 Å². The minimum atomic E-state index is -0.000417. The van der Waals surface area contributed by atoms with E-state index >= 15 is 0 Å². The first-order valence-corrected chi connectivity index (χ1v) is 3.55. The summed E-state index contributed by atoms with van der Waals surface area (Å²) in [7, 11) is 1.60. The first-order chi connectivity index (χ1) is 5.27. The fourth-order valence-electron chi connectivity index (χ4n) is 0.952. The van der Waals surface area contributed by atoms with Gasteiger partial charge in [0.05, 0.1) is 12.3 Å². The van der Waals surface area contributed by atoms with E-state index in [-0.39, 0.29) is 5.56 Å². The molecule has 0 aromatic carbocycles. The van der Waals surface area contributed by atoms with Crippen LogP contribution in [0.15, 0.2) is 10.9 Å². The molecule has 0 bridgehead atoms. The summed E-state index contributed by atoms with van der Waals surface area (Å²) in [5.41, 5.74) is 0.818. The summed E-state index contributed by atoms with van der Waals surface area (Å²) in [5, 5.41) is 2.91. The molecule has 0 radical (unpaired) electrons. The molecule has 11 heavy (non-hydrogen) atoms. The minimum Gasteiger partial charge on any atom is -0.378 e. The maximum absolute atomic E-state index is 11.0. The van der Waals surface area contributed by atoms with Gasteiger partial charge in [0.15, 0.2) is 0 Å². The Morgan fingerprint density at radius 2 is 2.45 bits per heavy atom. The third kappa shape index (κ3) is 1.71. The predicted octanol–water partition coefficient (Wildman–Crippen LogP) is 0.343. The lowest BCUT2D eigenvalue weighted by Crippen LogP contribution is -2.13. The lowest BCUT2D eigenvalue weighted by Gasteiger charge is -1.95. The molecule has 0 amide bonds. The van der Waals surface area contributed by atoms with Gasteiger partial charge < -0.3 is 4.74 Å². The third-order valence-corrected chi connectivity index (χ3v) is 1.46. The number of nitrogens with one attached hydrogen (secondary N) is 1. The lowest BCUT2D eigenvalue weighted by atomic mass is 10.5. The van der Waals surface area contributed by atoms with Gasteiger partial charge in [-0.25, -0.2) is 0 Å². The summed E-state index contributed by atoms with van der Waals surface area (Å²) in [5.74, 6) is 0. The van der Waals surface area contributed by atoms with E-state index in [0.29, 0.717) is 13.2 Å². The summed E-state index contributed by atoms with van der Waals surface area (Å²) in [6.07, 6.45) is 0. The normalized spacial score (nSPS) is 10.4. The number of aromatic nitrogens is 2. The van der Waals surface area contributed by atoms with E-state index in [1.807, 2.05) is 6.92 Å². The van der Waals surface area contributed by atoms with Gasteiger partial charge in [0.2, 0.25) is 0 Å². The molecule has 0 aliphatic rings. The van der Waals surface area contributed by atoms with Crippen molar-refractivity contribution < 1.29 is 4.74 Å². The zero-order chi connectivity index (χ0) is 8.27. The second-order valence-electron chi connectivity index (χ2n) is 2.30. The lowest BCUT2D eigenvalue weighted by molar-refractivity contribution is 0.180. The van der Waals surface area contributed by atoms with Crippen molar-refractivity contribution in [1.82, 2.24) is 9.78 Å². The molecule has 4 heteroatoms. The average Bonchev–Trinajstić information content (AvgIpc) is 2.32. The summed E-state index contributed by atoms with van der Waals surface area (Å²) >= 11 is 0. The first kappa shape index (κ1) is 8.07. The fourth-order valence-corrected chi connectivity index (χ4v) is 0.952. The molecule has 0 unspecified atom stereocenters. The first-order valence-electron chi connectivity index (χ1n) is 3.55. The van der Waals surface area contributed by atoms with Gasteiger partial charge in [-0.05, 0) is 6.92 Å². The third-order valence-electron chi connectivity index (χ3n) is 1.46. The number of rotatable bonds is 3. The van der Waals surface area contributed by atoms with E-state index in [1.54, 1.807) is 13.2 Å². The van der Waals surface area contributed by atoms with E-state index in [1.165, 1.54) is 4.68 Å². The van der Waals surface area contributed by atoms with Crippen LogP contribution in [-0.4, -0.2) is 16.9 Å². The number of methoxy groups -OCH3 is 1. The maximum atomic E-state index is 11.0. The summed E-state index contributed by atoms with van der Waals surface area (Å²) in [6, 6.07) is 1.55. The molecule has 0 aliphatic heterocycles. The molecule has 1 aromatic heterocycles. The number of nitrogens with zero attached hydrogens (tertiary/aromatic N) is 1. The highest BCUT2D eigenvalue weighted by atomic mass is 16.5. The Morgan fingerprint density at radius 3 is 2.91 bits per heavy atom. The van der Waals surface area contributed by atoms with Gasteiger partial charge in [0, 0.05) is 19.7 Å². The monoisotopic (exact) mass is 156 g/mol. The van der Waals surface area contributed by atoms with Crippen molar-refractivity contribution in [1.29, 1.82) is 0 Å². The van der Waals surface area contributed by atoms with Crippen LogP contribution in [0, 0.1) is 0 Å². The van der Waals surface area contributed by atoms with Crippen LogP contribution in [0.4, 0.5) is 0 Å². The highest BCUT2D eigenvalue weighted by Crippen LogP contribution is 1.91. The number of H-pyrrole nitrogens is 1. The number of aryl methyl sites for hydroxylation is 1. The Kier molecular flexibility index (Phi) is 2.48. The Balaban J connectivity index is 2.86. The van der Waals surface area contributed by atoms with Gasteiger partial charge in [0.25, 0.3) is 5.56 Å². The van der Waals surface area contributed by atoms with Gasteiger partial charge in [-0.15, -0.1) is 0 Å². The molecule has 62 valence electrons. The van der Waals surface area contributed by atoms with E-state index in [9.17, 15) is 4.79 Å². The maximum Gasteiger partial charge on any atom is 0.266 e. The summed E-state index contributed by atoms with van der Waals surface area (Å²) in [6.45, 7) is 3.04. The second-order valence-corrected chi connectivity index (χ2v) is 2.30. The Hall–Kier alpha value is -1.03. The van der Waals surface area contributed by atoms with Crippen LogP contribution in [0.5, 0.6) is 0 Å². The minimum absolute atomic E-state index is 0.000417. The molecule has 0 spiro atoms. The van der Waals surface area contributed by atoms with Crippen molar-refractivity contribution in [3.05, 3.63) is 22.1 Å². The van der Waals surface area contributed by atoms with E-state index < -0.39 is 0 Å². The van der Waals surface area contributed by atoms with E-state index in [2.05, 4.69) is 5.10 Å². The SMILES string of the molecule is CCn1[nH]c(COC)cc1=O. The number of hydrogen-bond acceptors (Lipinski definition) is 2. The van der Waals surface area contributed by atoms with Crippen molar-refractivity contribution >= 4 is 0 Å². The summed E-state index contributed by atoms with van der Waals surface area (Å²) < 4.78 is 6.39. The molecule has 1 N–H and O–H groups in total. The van der Waals surface area contributed by atoms with Crippen LogP contribution in [0.3, 0.4) is 0 Å². The largest absolute Gasteiger partial charge is 0.378 e. The number of aromatic amines is 1. The highest BCUT2D eigenvalue weighted by Gasteiger charge is 1.98. The van der Waals surface area contributed by atoms with Crippen molar-refractivity contribution in [3.63, 3.8) is 0 Å². The topological polar surface area (TPSA) is 47.0 Å². The Labute approximate surface area is 64.8 Å². The molecule has 4 nitrogen and oxygen atoms in total. The van der Waals surface area contributed by atoms with Crippen LogP contribution < -0.4 is 5.56 Å². The molecule has 0 atom stereocenters. The van der Waals surface area contributed by atoms with Crippen molar-refractivity contribution in [2.24, 2.45) is 0 Å². The van der Waals surface area contributed by atoms with Crippen LogP contribution in [0.2, 0.25) is 0 Å². The van der Waals surface area contributed by atoms with Crippen LogP contribution >= 0.6 is 0 Å². The Bertz CT molecular complexity index is 274. The highest BCUT2D eigenvalue weighted by molar-refractivity contribution is 4.97. The molecule has 0 fully saturated rings.